The van der Waals surface area contributed by atoms with Crippen molar-refractivity contribution in [1.82, 2.24) is 0 Å². The van der Waals surface area contributed by atoms with Crippen LogP contribution >= 0.6 is 0 Å². The Labute approximate surface area is 102 Å². The van der Waals surface area contributed by atoms with Gasteiger partial charge in [-0.1, -0.05) is 18.6 Å². The smallest absolute Gasteiger partial charge is 0.224 e. The molecule has 1 unspecified atom stereocenters. The number of hydrogen-bond donors (Lipinski definition) is 2. The molecule has 1 fully saturated rings. The summed E-state index contributed by atoms with van der Waals surface area (Å²) in [6.07, 6.45) is 3.75. The van der Waals surface area contributed by atoms with Gasteiger partial charge in [0.2, 0.25) is 5.91 Å². The molecule has 0 spiro atoms. The van der Waals surface area contributed by atoms with Crippen molar-refractivity contribution in [1.29, 1.82) is 0 Å². The van der Waals surface area contributed by atoms with Gasteiger partial charge in [0.1, 0.15) is 0 Å². The average Bonchev–Trinajstić information content (AvgIpc) is 2.24. The van der Waals surface area contributed by atoms with Crippen molar-refractivity contribution < 1.29 is 9.90 Å². The largest absolute Gasteiger partial charge is 0.389 e. The molecule has 1 saturated carbocycles. The maximum atomic E-state index is 11.7. The Morgan fingerprint density at radius 2 is 2.29 bits per heavy atom. The molecular weight excluding hydrogens is 214 g/mol. The summed E-state index contributed by atoms with van der Waals surface area (Å²) < 4.78 is 0. The first-order valence-corrected chi connectivity index (χ1v) is 6.23. The van der Waals surface area contributed by atoms with E-state index in [9.17, 15) is 9.90 Å². The molecule has 0 aromatic heterocycles. The van der Waals surface area contributed by atoms with E-state index in [1.165, 1.54) is 19.3 Å². The molecule has 2 rings (SSSR count). The number of benzene rings is 1. The second-order valence-electron chi connectivity index (χ2n) is 4.85. The molecule has 3 nitrogen and oxygen atoms in total. The fraction of sp³-hybridized carbons (Fsp3) is 0.500. The summed E-state index contributed by atoms with van der Waals surface area (Å²) in [4.78, 5) is 11.7. The van der Waals surface area contributed by atoms with Crippen LogP contribution in [-0.2, 0) is 4.79 Å². The van der Waals surface area contributed by atoms with Crippen LogP contribution in [0.25, 0.3) is 0 Å². The number of nitrogens with one attached hydrogen (secondary N) is 1. The van der Waals surface area contributed by atoms with Crippen molar-refractivity contribution in [2.24, 2.45) is 5.92 Å². The summed E-state index contributed by atoms with van der Waals surface area (Å²) in [5.41, 5.74) is 1.60. The average molecular weight is 233 g/mol. The first-order chi connectivity index (χ1) is 8.15. The zero-order valence-corrected chi connectivity index (χ0v) is 10.1. The third kappa shape index (κ3) is 3.30. The third-order valence-corrected chi connectivity index (χ3v) is 3.35. The standard InChI is InChI=1S/C14H19NO2/c1-10(16)12-6-3-7-13(9-12)15-14(17)8-11-4-2-5-11/h3,6-7,9-11,16H,2,4-5,8H2,1H3,(H,15,17). The minimum atomic E-state index is -0.501. The molecule has 92 valence electrons. The van der Waals surface area contributed by atoms with Crippen molar-refractivity contribution in [3.63, 3.8) is 0 Å². The Balaban J connectivity index is 1.92. The van der Waals surface area contributed by atoms with Crippen molar-refractivity contribution in [3.8, 4) is 0 Å². The van der Waals surface area contributed by atoms with Gasteiger partial charge >= 0.3 is 0 Å². The Morgan fingerprint density at radius 1 is 1.53 bits per heavy atom. The molecule has 1 aromatic rings. The van der Waals surface area contributed by atoms with Crippen molar-refractivity contribution in [2.45, 2.75) is 38.7 Å². The van der Waals surface area contributed by atoms with Gasteiger partial charge in [-0.25, -0.2) is 0 Å². The van der Waals surface area contributed by atoms with Crippen LogP contribution in [0.5, 0.6) is 0 Å². The van der Waals surface area contributed by atoms with Crippen LogP contribution in [0.4, 0.5) is 5.69 Å². The van der Waals surface area contributed by atoms with E-state index in [1.54, 1.807) is 6.92 Å². The van der Waals surface area contributed by atoms with Gasteiger partial charge in [-0.15, -0.1) is 0 Å². The Hall–Kier alpha value is -1.35. The van der Waals surface area contributed by atoms with Gasteiger partial charge < -0.3 is 10.4 Å². The van der Waals surface area contributed by atoms with Crippen LogP contribution < -0.4 is 5.32 Å². The maximum absolute atomic E-state index is 11.7. The highest BCUT2D eigenvalue weighted by atomic mass is 16.3. The predicted octanol–water partition coefficient (Wildman–Crippen LogP) is 2.87. The van der Waals surface area contributed by atoms with E-state index in [1.807, 2.05) is 24.3 Å². The Morgan fingerprint density at radius 3 is 2.88 bits per heavy atom. The molecule has 0 heterocycles. The summed E-state index contributed by atoms with van der Waals surface area (Å²) >= 11 is 0. The third-order valence-electron chi connectivity index (χ3n) is 3.35. The summed E-state index contributed by atoms with van der Waals surface area (Å²) in [5, 5.41) is 12.3. The van der Waals surface area contributed by atoms with Gasteiger partial charge in [0, 0.05) is 12.1 Å². The lowest BCUT2D eigenvalue weighted by Crippen LogP contribution is -2.20. The first-order valence-electron chi connectivity index (χ1n) is 6.23. The van der Waals surface area contributed by atoms with Crippen molar-refractivity contribution in [3.05, 3.63) is 29.8 Å². The van der Waals surface area contributed by atoms with E-state index in [2.05, 4.69) is 5.32 Å². The molecule has 0 radical (unpaired) electrons. The number of hydrogen-bond acceptors (Lipinski definition) is 2. The quantitative estimate of drug-likeness (QED) is 0.840. The number of amides is 1. The Kier molecular flexibility index (Phi) is 3.79. The number of carbonyl (C=O) groups is 1. The normalized spacial score (nSPS) is 17.3. The van der Waals surface area contributed by atoms with Gasteiger partial charge in [-0.05, 0) is 43.4 Å². The molecule has 3 heteroatoms. The fourth-order valence-electron chi connectivity index (χ4n) is 2.05. The topological polar surface area (TPSA) is 49.3 Å². The molecular formula is C14H19NO2. The molecule has 1 atom stereocenters. The molecule has 17 heavy (non-hydrogen) atoms. The van der Waals surface area contributed by atoms with Crippen LogP contribution in [0.2, 0.25) is 0 Å². The van der Waals surface area contributed by atoms with Crippen LogP contribution in [0.15, 0.2) is 24.3 Å². The number of anilines is 1. The number of rotatable bonds is 4. The summed E-state index contributed by atoms with van der Waals surface area (Å²) in [6, 6.07) is 7.38. The highest BCUT2D eigenvalue weighted by Crippen LogP contribution is 2.29. The van der Waals surface area contributed by atoms with E-state index in [-0.39, 0.29) is 5.91 Å². The highest BCUT2D eigenvalue weighted by molar-refractivity contribution is 5.90. The van der Waals surface area contributed by atoms with Crippen molar-refractivity contribution in [2.75, 3.05) is 5.32 Å². The first kappa shape index (κ1) is 12.1. The van der Waals surface area contributed by atoms with E-state index in [4.69, 9.17) is 0 Å². The molecule has 0 aliphatic heterocycles. The van der Waals surface area contributed by atoms with Gasteiger partial charge in [-0.2, -0.15) is 0 Å². The van der Waals surface area contributed by atoms with E-state index >= 15 is 0 Å². The predicted molar refractivity (Wildman–Crippen MR) is 67.7 cm³/mol. The minimum absolute atomic E-state index is 0.0810. The lowest BCUT2D eigenvalue weighted by molar-refractivity contribution is -0.117. The number of aliphatic hydroxyl groups excluding tert-OH is 1. The van der Waals surface area contributed by atoms with Gasteiger partial charge in [0.25, 0.3) is 0 Å². The van der Waals surface area contributed by atoms with Gasteiger partial charge in [-0.3, -0.25) is 4.79 Å². The molecule has 1 aromatic carbocycles. The number of aliphatic hydroxyl groups is 1. The minimum Gasteiger partial charge on any atom is -0.389 e. The molecule has 0 saturated heterocycles. The summed E-state index contributed by atoms with van der Waals surface area (Å²) in [7, 11) is 0. The van der Waals surface area contributed by atoms with Gasteiger partial charge in [0.15, 0.2) is 0 Å². The molecule has 0 bridgehead atoms. The maximum Gasteiger partial charge on any atom is 0.224 e. The zero-order chi connectivity index (χ0) is 12.3. The van der Waals surface area contributed by atoms with Crippen LogP contribution in [0.1, 0.15) is 44.3 Å². The second-order valence-corrected chi connectivity index (χ2v) is 4.85. The summed E-state index contributed by atoms with van der Waals surface area (Å²) in [6.45, 7) is 1.72. The molecule has 1 aliphatic rings. The lowest BCUT2D eigenvalue weighted by Gasteiger charge is -2.24. The van der Waals surface area contributed by atoms with E-state index in [0.717, 1.165) is 11.3 Å². The van der Waals surface area contributed by atoms with Crippen LogP contribution in [-0.4, -0.2) is 11.0 Å². The van der Waals surface area contributed by atoms with E-state index in [0.29, 0.717) is 12.3 Å². The van der Waals surface area contributed by atoms with Crippen LogP contribution in [0, 0.1) is 5.92 Å². The van der Waals surface area contributed by atoms with Gasteiger partial charge in [0.05, 0.1) is 6.10 Å². The number of carbonyl (C=O) groups excluding carboxylic acids is 1. The lowest BCUT2D eigenvalue weighted by atomic mass is 9.83. The Bertz CT molecular complexity index is 397. The van der Waals surface area contributed by atoms with E-state index < -0.39 is 6.10 Å². The SMILES string of the molecule is CC(O)c1cccc(NC(=O)CC2CCC2)c1. The highest BCUT2D eigenvalue weighted by Gasteiger charge is 2.20. The second kappa shape index (κ2) is 5.32. The molecule has 2 N–H and O–H groups in total. The monoisotopic (exact) mass is 233 g/mol. The molecule has 1 aliphatic carbocycles. The summed E-state index contributed by atoms with van der Waals surface area (Å²) in [5.74, 6) is 0.660. The zero-order valence-electron chi connectivity index (χ0n) is 10.1. The van der Waals surface area contributed by atoms with Crippen molar-refractivity contribution >= 4 is 11.6 Å². The fourth-order valence-corrected chi connectivity index (χ4v) is 2.05. The van der Waals surface area contributed by atoms with Crippen LogP contribution in [0.3, 0.4) is 0 Å². The molecule has 1 amide bonds.